The number of para-hydroxylation sites is 1. The number of carbonyl (C=O) groups is 1. The summed E-state index contributed by atoms with van der Waals surface area (Å²) in [7, 11) is 0. The van der Waals surface area contributed by atoms with Gasteiger partial charge in [-0.05, 0) is 6.07 Å². The maximum absolute atomic E-state index is 12.6. The number of benzene rings is 1. The van der Waals surface area contributed by atoms with Crippen molar-refractivity contribution < 1.29 is 23.1 Å². The van der Waals surface area contributed by atoms with Gasteiger partial charge in [0, 0.05) is 11.1 Å². The van der Waals surface area contributed by atoms with Gasteiger partial charge in [-0.2, -0.15) is 13.2 Å². The number of thioether (sulfide) groups is 1. The number of alkyl halides is 3. The van der Waals surface area contributed by atoms with Crippen molar-refractivity contribution in [3.05, 3.63) is 30.6 Å². The van der Waals surface area contributed by atoms with Gasteiger partial charge in [-0.1, -0.05) is 18.2 Å². The van der Waals surface area contributed by atoms with Crippen molar-refractivity contribution in [2.75, 3.05) is 5.75 Å². The van der Waals surface area contributed by atoms with Crippen LogP contribution < -0.4 is 0 Å². The zero-order valence-corrected chi connectivity index (χ0v) is 10.8. The topological polar surface area (TPSA) is 63.1 Å². The average molecular weight is 302 g/mol. The lowest BCUT2D eigenvalue weighted by atomic mass is 10.2. The van der Waals surface area contributed by atoms with Gasteiger partial charge in [0.2, 0.25) is 0 Å². The highest BCUT2D eigenvalue weighted by Crippen LogP contribution is 2.33. The number of halogens is 3. The molecule has 1 atom stereocenters. The van der Waals surface area contributed by atoms with E-state index in [0.717, 1.165) is 11.8 Å². The predicted molar refractivity (Wildman–Crippen MR) is 67.4 cm³/mol. The Morgan fingerprint density at radius 2 is 2.00 bits per heavy atom. The molecule has 0 fully saturated rings. The molecule has 1 aromatic carbocycles. The van der Waals surface area contributed by atoms with E-state index in [4.69, 9.17) is 5.11 Å². The van der Waals surface area contributed by atoms with Crippen molar-refractivity contribution in [1.82, 2.24) is 9.97 Å². The molecule has 0 radical (unpaired) electrons. The number of carboxylic acid groups (broad SMARTS) is 1. The van der Waals surface area contributed by atoms with Crippen molar-refractivity contribution >= 4 is 28.6 Å². The molecule has 0 spiro atoms. The molecular formula is C12H9F3N2O2S. The average Bonchev–Trinajstić information content (AvgIpc) is 2.37. The number of aromatic nitrogens is 2. The molecule has 0 amide bonds. The number of rotatable bonds is 4. The summed E-state index contributed by atoms with van der Waals surface area (Å²) in [5, 5.41) is 9.58. The van der Waals surface area contributed by atoms with Crippen LogP contribution in [0, 0.1) is 5.92 Å². The Balaban J connectivity index is 2.22. The molecule has 0 aliphatic heterocycles. The van der Waals surface area contributed by atoms with E-state index in [1.165, 1.54) is 6.33 Å². The van der Waals surface area contributed by atoms with Crippen LogP contribution in [0.3, 0.4) is 0 Å². The monoisotopic (exact) mass is 302 g/mol. The molecule has 2 rings (SSSR count). The van der Waals surface area contributed by atoms with Crippen LogP contribution in [0.25, 0.3) is 10.9 Å². The number of hydrogen-bond donors (Lipinski definition) is 1. The summed E-state index contributed by atoms with van der Waals surface area (Å²) in [6, 6.07) is 6.86. The lowest BCUT2D eigenvalue weighted by molar-refractivity contribution is -0.188. The fourth-order valence-corrected chi connectivity index (χ4v) is 2.67. The highest BCUT2D eigenvalue weighted by atomic mass is 32.2. The molecule has 0 bridgehead atoms. The highest BCUT2D eigenvalue weighted by molar-refractivity contribution is 7.99. The second-order valence-electron chi connectivity index (χ2n) is 3.94. The van der Waals surface area contributed by atoms with Crippen LogP contribution in [0.1, 0.15) is 0 Å². The van der Waals surface area contributed by atoms with E-state index in [0.29, 0.717) is 15.9 Å². The summed E-state index contributed by atoms with van der Waals surface area (Å²) in [6.45, 7) is 0. The normalized spacial score (nSPS) is 13.3. The Hall–Kier alpha value is -1.83. The first-order valence-corrected chi connectivity index (χ1v) is 6.50. The molecule has 0 saturated heterocycles. The maximum Gasteiger partial charge on any atom is 0.403 e. The smallest absolute Gasteiger partial charge is 0.403 e. The van der Waals surface area contributed by atoms with Gasteiger partial charge in [0.25, 0.3) is 0 Å². The van der Waals surface area contributed by atoms with Crippen molar-refractivity contribution in [2.45, 2.75) is 11.2 Å². The van der Waals surface area contributed by atoms with Crippen LogP contribution in [0.5, 0.6) is 0 Å². The summed E-state index contributed by atoms with van der Waals surface area (Å²) >= 11 is 0.761. The number of fused-ring (bicyclic) bond motifs is 1. The van der Waals surface area contributed by atoms with Crippen LogP contribution in [0.15, 0.2) is 35.6 Å². The van der Waals surface area contributed by atoms with Gasteiger partial charge < -0.3 is 5.11 Å². The van der Waals surface area contributed by atoms with E-state index >= 15 is 0 Å². The van der Waals surface area contributed by atoms with Crippen LogP contribution in [0.2, 0.25) is 0 Å². The molecule has 0 saturated carbocycles. The van der Waals surface area contributed by atoms with Gasteiger partial charge in [-0.25, -0.2) is 9.97 Å². The minimum absolute atomic E-state index is 0.339. The zero-order chi connectivity index (χ0) is 14.8. The summed E-state index contributed by atoms with van der Waals surface area (Å²) in [5.74, 6) is -4.93. The third-order valence-corrected chi connectivity index (χ3v) is 3.68. The Kier molecular flexibility index (Phi) is 4.12. The third-order valence-electron chi connectivity index (χ3n) is 2.59. The summed E-state index contributed by atoms with van der Waals surface area (Å²) < 4.78 is 37.7. The van der Waals surface area contributed by atoms with E-state index < -0.39 is 23.8 Å². The molecule has 8 heteroatoms. The summed E-state index contributed by atoms with van der Waals surface area (Å²) in [4.78, 5) is 18.6. The lowest BCUT2D eigenvalue weighted by Gasteiger charge is -2.15. The quantitative estimate of drug-likeness (QED) is 0.695. The van der Waals surface area contributed by atoms with Crippen LogP contribution in [-0.2, 0) is 4.79 Å². The molecular weight excluding hydrogens is 293 g/mol. The van der Waals surface area contributed by atoms with E-state index in [1.54, 1.807) is 24.3 Å². The minimum atomic E-state index is -4.78. The van der Waals surface area contributed by atoms with E-state index in [-0.39, 0.29) is 0 Å². The fraction of sp³-hybridized carbons (Fsp3) is 0.250. The molecule has 20 heavy (non-hydrogen) atoms. The number of nitrogens with zero attached hydrogens (tertiary/aromatic N) is 2. The van der Waals surface area contributed by atoms with Gasteiger partial charge in [-0.15, -0.1) is 11.8 Å². The predicted octanol–water partition coefficient (Wildman–Crippen LogP) is 2.99. The van der Waals surface area contributed by atoms with Gasteiger partial charge in [0.15, 0.2) is 5.92 Å². The number of carboxylic acids is 1. The van der Waals surface area contributed by atoms with Gasteiger partial charge >= 0.3 is 12.1 Å². The van der Waals surface area contributed by atoms with Crippen LogP contribution in [-0.4, -0.2) is 33.0 Å². The molecule has 0 aliphatic rings. The minimum Gasteiger partial charge on any atom is -0.481 e. The molecule has 1 heterocycles. The largest absolute Gasteiger partial charge is 0.481 e. The molecule has 0 aliphatic carbocycles. The molecule has 1 N–H and O–H groups in total. The third kappa shape index (κ3) is 3.19. The van der Waals surface area contributed by atoms with Gasteiger partial charge in [-0.3, -0.25) is 4.79 Å². The molecule has 106 valence electrons. The van der Waals surface area contributed by atoms with Crippen molar-refractivity contribution in [2.24, 2.45) is 5.92 Å². The summed E-state index contributed by atoms with van der Waals surface area (Å²) in [5.41, 5.74) is 0.601. The van der Waals surface area contributed by atoms with E-state index in [2.05, 4.69) is 9.97 Å². The van der Waals surface area contributed by atoms with Crippen LogP contribution >= 0.6 is 11.8 Å². The SMILES string of the molecule is O=C(O)C(CSc1ncnc2ccccc12)C(F)(F)F. The van der Waals surface area contributed by atoms with Crippen LogP contribution in [0.4, 0.5) is 13.2 Å². The summed E-state index contributed by atoms with van der Waals surface area (Å²) in [6.07, 6.45) is -3.53. The Bertz CT molecular complexity index is 628. The number of aliphatic carboxylic acids is 1. The second-order valence-corrected chi connectivity index (χ2v) is 4.95. The second kappa shape index (κ2) is 5.66. The number of hydrogen-bond acceptors (Lipinski definition) is 4. The first-order valence-electron chi connectivity index (χ1n) is 5.51. The Morgan fingerprint density at radius 3 is 2.65 bits per heavy atom. The lowest BCUT2D eigenvalue weighted by Crippen LogP contribution is -2.32. The Morgan fingerprint density at radius 1 is 1.30 bits per heavy atom. The zero-order valence-electron chi connectivity index (χ0n) is 9.96. The van der Waals surface area contributed by atoms with Gasteiger partial charge in [0.05, 0.1) is 5.52 Å². The Labute approximate surface area is 116 Å². The van der Waals surface area contributed by atoms with Crippen molar-refractivity contribution in [1.29, 1.82) is 0 Å². The molecule has 1 aromatic heterocycles. The molecule has 2 aromatic rings. The van der Waals surface area contributed by atoms with Crippen molar-refractivity contribution in [3.8, 4) is 0 Å². The molecule has 4 nitrogen and oxygen atoms in total. The standard InChI is InChI=1S/C12H9F3N2O2S/c13-12(14,15)8(11(18)19)5-20-10-7-3-1-2-4-9(7)16-6-17-10/h1-4,6,8H,5H2,(H,18,19). The fourth-order valence-electron chi connectivity index (χ4n) is 1.56. The van der Waals surface area contributed by atoms with Gasteiger partial charge in [0.1, 0.15) is 11.4 Å². The first-order chi connectivity index (χ1) is 9.39. The van der Waals surface area contributed by atoms with E-state index in [1.807, 2.05) is 0 Å². The van der Waals surface area contributed by atoms with Crippen molar-refractivity contribution in [3.63, 3.8) is 0 Å². The highest BCUT2D eigenvalue weighted by Gasteiger charge is 2.45. The molecule has 1 unspecified atom stereocenters. The maximum atomic E-state index is 12.6. The first kappa shape index (κ1) is 14.6. The van der Waals surface area contributed by atoms with E-state index in [9.17, 15) is 18.0 Å².